The van der Waals surface area contributed by atoms with Gasteiger partial charge in [0.05, 0.1) is 23.7 Å². The third-order valence-electron chi connectivity index (χ3n) is 6.28. The Balaban J connectivity index is 1.61. The first-order valence-electron chi connectivity index (χ1n) is 11.9. The molecule has 0 spiro atoms. The Morgan fingerprint density at radius 2 is 1.94 bits per heavy atom. The minimum Gasteiger partial charge on any atom is -0.393 e. The Morgan fingerprint density at radius 3 is 2.63 bits per heavy atom. The Morgan fingerprint density at radius 1 is 1.23 bits per heavy atom. The minimum atomic E-state index is -0.751. The molecule has 188 valence electrons. The molecule has 8 nitrogen and oxygen atoms in total. The van der Waals surface area contributed by atoms with Crippen LogP contribution < -0.4 is 10.6 Å². The number of aliphatic hydroxyl groups is 1. The number of hydrogen-bond donors (Lipinski definition) is 4. The van der Waals surface area contributed by atoms with Crippen LogP contribution in [0, 0.1) is 19.7 Å². The lowest BCUT2D eigenvalue weighted by Gasteiger charge is -2.20. The molecule has 0 fully saturated rings. The number of amides is 3. The standard InChI is InChI=1S/C26H33FN4O4/c1-5-31(6-2)23(33)13-18(32)8-7-11-28-26(35)24-15(3)22(29-16(24)4)14-20-19-12-17(27)9-10-21(19)30-25(20)34/h9-10,12,14,18,29,32H,5-8,11,13H2,1-4H3,(H,28,35)(H,30,34)/b20-14-/t18-/m1/s1. The predicted octanol–water partition coefficient (Wildman–Crippen LogP) is 3.39. The average Bonchev–Trinajstić information content (AvgIpc) is 3.26. The number of nitrogens with one attached hydrogen (secondary N) is 3. The van der Waals surface area contributed by atoms with Crippen molar-refractivity contribution in [2.75, 3.05) is 25.0 Å². The highest BCUT2D eigenvalue weighted by Crippen LogP contribution is 2.34. The van der Waals surface area contributed by atoms with Crippen molar-refractivity contribution < 1.29 is 23.9 Å². The zero-order valence-electron chi connectivity index (χ0n) is 20.6. The number of H-pyrrole nitrogens is 1. The second kappa shape index (κ2) is 11.3. The molecule has 35 heavy (non-hydrogen) atoms. The highest BCUT2D eigenvalue weighted by atomic mass is 19.1. The number of aromatic amines is 1. The van der Waals surface area contributed by atoms with E-state index < -0.39 is 11.9 Å². The van der Waals surface area contributed by atoms with Crippen molar-refractivity contribution in [3.05, 3.63) is 52.1 Å². The number of fused-ring (bicyclic) bond motifs is 1. The van der Waals surface area contributed by atoms with E-state index in [9.17, 15) is 23.9 Å². The Hall–Kier alpha value is -3.46. The topological polar surface area (TPSA) is 115 Å². The molecule has 0 unspecified atom stereocenters. The van der Waals surface area contributed by atoms with Crippen LogP contribution in [0.1, 0.15) is 66.0 Å². The second-order valence-corrected chi connectivity index (χ2v) is 8.69. The molecule has 0 saturated heterocycles. The van der Waals surface area contributed by atoms with Crippen molar-refractivity contribution in [3.63, 3.8) is 0 Å². The summed E-state index contributed by atoms with van der Waals surface area (Å²) in [6.07, 6.45) is 1.88. The summed E-state index contributed by atoms with van der Waals surface area (Å²) in [5, 5.41) is 15.7. The van der Waals surface area contributed by atoms with Gasteiger partial charge in [-0.05, 0) is 70.4 Å². The first kappa shape index (κ1) is 26.2. The van der Waals surface area contributed by atoms with Crippen molar-refractivity contribution in [2.45, 2.75) is 53.1 Å². The molecule has 9 heteroatoms. The van der Waals surface area contributed by atoms with Gasteiger partial charge >= 0.3 is 0 Å². The largest absolute Gasteiger partial charge is 0.393 e. The number of nitrogens with zero attached hydrogens (tertiary/aromatic N) is 1. The van der Waals surface area contributed by atoms with Gasteiger partial charge in [0, 0.05) is 42.3 Å². The number of rotatable bonds is 10. The van der Waals surface area contributed by atoms with Crippen LogP contribution in [0.15, 0.2) is 18.2 Å². The van der Waals surface area contributed by atoms with Gasteiger partial charge in [-0.2, -0.15) is 0 Å². The van der Waals surface area contributed by atoms with Gasteiger partial charge in [0.1, 0.15) is 5.82 Å². The molecule has 1 aromatic heterocycles. The van der Waals surface area contributed by atoms with Crippen LogP contribution in [-0.4, -0.2) is 58.5 Å². The Bertz CT molecular complexity index is 1150. The van der Waals surface area contributed by atoms with E-state index in [1.807, 2.05) is 13.8 Å². The number of anilines is 1. The molecule has 3 rings (SSSR count). The molecule has 1 aliphatic heterocycles. The predicted molar refractivity (Wildman–Crippen MR) is 133 cm³/mol. The molecule has 1 aromatic carbocycles. The third-order valence-corrected chi connectivity index (χ3v) is 6.28. The van der Waals surface area contributed by atoms with E-state index in [1.165, 1.54) is 18.2 Å². The van der Waals surface area contributed by atoms with Gasteiger partial charge in [-0.25, -0.2) is 4.39 Å². The van der Waals surface area contributed by atoms with E-state index in [2.05, 4.69) is 15.6 Å². The lowest BCUT2D eigenvalue weighted by Crippen LogP contribution is -2.33. The van der Waals surface area contributed by atoms with Crippen LogP contribution in [0.3, 0.4) is 0 Å². The molecule has 0 aliphatic carbocycles. The molecule has 4 N–H and O–H groups in total. The fourth-order valence-electron chi connectivity index (χ4n) is 4.34. The first-order valence-corrected chi connectivity index (χ1v) is 11.9. The van der Waals surface area contributed by atoms with Crippen LogP contribution in [0.4, 0.5) is 10.1 Å². The lowest BCUT2D eigenvalue weighted by molar-refractivity contribution is -0.133. The Kier molecular flexibility index (Phi) is 8.45. The van der Waals surface area contributed by atoms with Crippen LogP contribution in [-0.2, 0) is 9.59 Å². The highest BCUT2D eigenvalue weighted by Gasteiger charge is 2.26. The number of aromatic nitrogens is 1. The zero-order valence-corrected chi connectivity index (χ0v) is 20.6. The number of hydrogen-bond acceptors (Lipinski definition) is 4. The maximum atomic E-state index is 13.7. The first-order chi connectivity index (χ1) is 16.7. The van der Waals surface area contributed by atoms with Crippen molar-refractivity contribution in [1.82, 2.24) is 15.2 Å². The van der Waals surface area contributed by atoms with Gasteiger partial charge in [-0.3, -0.25) is 14.4 Å². The average molecular weight is 485 g/mol. The summed E-state index contributed by atoms with van der Waals surface area (Å²) in [6.45, 7) is 8.93. The summed E-state index contributed by atoms with van der Waals surface area (Å²) in [4.78, 5) is 42.2. The molecule has 0 saturated carbocycles. The van der Waals surface area contributed by atoms with Gasteiger partial charge in [-0.1, -0.05) is 0 Å². The summed E-state index contributed by atoms with van der Waals surface area (Å²) in [5.41, 5.74) is 3.74. The van der Waals surface area contributed by atoms with Gasteiger partial charge < -0.3 is 25.6 Å². The quantitative estimate of drug-likeness (QED) is 0.306. The monoisotopic (exact) mass is 484 g/mol. The van der Waals surface area contributed by atoms with Gasteiger partial charge in [0.15, 0.2) is 0 Å². The number of halogens is 1. The van der Waals surface area contributed by atoms with Crippen LogP contribution in [0.5, 0.6) is 0 Å². The molecular formula is C26H33FN4O4. The second-order valence-electron chi connectivity index (χ2n) is 8.69. The molecule has 1 atom stereocenters. The smallest absolute Gasteiger partial charge is 0.256 e. The summed E-state index contributed by atoms with van der Waals surface area (Å²) in [5.74, 6) is -1.11. The molecular weight excluding hydrogens is 451 g/mol. The van der Waals surface area contributed by atoms with Gasteiger partial charge in [0.25, 0.3) is 11.8 Å². The number of carbonyl (C=O) groups is 3. The number of carbonyl (C=O) groups excluding carboxylic acids is 3. The van der Waals surface area contributed by atoms with Gasteiger partial charge in [-0.15, -0.1) is 0 Å². The summed E-state index contributed by atoms with van der Waals surface area (Å²) >= 11 is 0. The number of aryl methyl sites for hydroxylation is 1. The summed E-state index contributed by atoms with van der Waals surface area (Å²) < 4.78 is 13.7. The highest BCUT2D eigenvalue weighted by molar-refractivity contribution is 6.34. The van der Waals surface area contributed by atoms with E-state index in [-0.39, 0.29) is 24.1 Å². The molecule has 0 bridgehead atoms. The summed E-state index contributed by atoms with van der Waals surface area (Å²) in [7, 11) is 0. The van der Waals surface area contributed by atoms with E-state index in [4.69, 9.17) is 0 Å². The summed E-state index contributed by atoms with van der Waals surface area (Å²) in [6, 6.07) is 4.11. The minimum absolute atomic E-state index is 0.0737. The Labute approximate surface area is 204 Å². The SMILES string of the molecule is CCN(CC)C(=O)C[C@H](O)CCCNC(=O)c1c(C)[nH]c(/C=C2\C(=O)Nc3ccc(F)cc32)c1C. The third kappa shape index (κ3) is 5.97. The maximum absolute atomic E-state index is 13.7. The molecule has 2 heterocycles. The van der Waals surface area contributed by atoms with Crippen molar-refractivity contribution in [1.29, 1.82) is 0 Å². The van der Waals surface area contributed by atoms with Crippen molar-refractivity contribution in [2.24, 2.45) is 0 Å². The van der Waals surface area contributed by atoms with E-state index in [0.717, 1.165) is 0 Å². The molecule has 3 amide bonds. The zero-order chi connectivity index (χ0) is 25.7. The molecule has 2 aromatic rings. The molecule has 1 aliphatic rings. The molecule has 0 radical (unpaired) electrons. The van der Waals surface area contributed by atoms with Crippen LogP contribution in [0.25, 0.3) is 11.6 Å². The van der Waals surface area contributed by atoms with E-state index >= 15 is 0 Å². The fraction of sp³-hybridized carbons (Fsp3) is 0.423. The van der Waals surface area contributed by atoms with E-state index in [1.54, 1.807) is 24.8 Å². The lowest BCUT2D eigenvalue weighted by atomic mass is 10.0. The van der Waals surface area contributed by atoms with Crippen LogP contribution >= 0.6 is 0 Å². The number of benzene rings is 1. The normalized spacial score (nSPS) is 14.6. The fourth-order valence-corrected chi connectivity index (χ4v) is 4.34. The van der Waals surface area contributed by atoms with Crippen molar-refractivity contribution >= 4 is 35.1 Å². The maximum Gasteiger partial charge on any atom is 0.256 e. The van der Waals surface area contributed by atoms with Gasteiger partial charge in [0.2, 0.25) is 5.91 Å². The van der Waals surface area contributed by atoms with Crippen molar-refractivity contribution in [3.8, 4) is 0 Å². The van der Waals surface area contributed by atoms with E-state index in [0.29, 0.717) is 71.8 Å². The number of aliphatic hydroxyl groups excluding tert-OH is 1. The van der Waals surface area contributed by atoms with Crippen LogP contribution in [0.2, 0.25) is 0 Å².